The first kappa shape index (κ1) is 15.7. The van der Waals surface area contributed by atoms with E-state index < -0.39 is 4.92 Å². The Morgan fingerprint density at radius 3 is 2.52 bits per heavy atom. The molecule has 1 heterocycles. The summed E-state index contributed by atoms with van der Waals surface area (Å²) in [5.41, 5.74) is -0.171. The van der Waals surface area contributed by atoms with Crippen LogP contribution >= 0.6 is 11.6 Å². The Labute approximate surface area is 128 Å². The lowest BCUT2D eigenvalue weighted by atomic mass is 9.96. The summed E-state index contributed by atoms with van der Waals surface area (Å²) in [6.45, 7) is 0. The van der Waals surface area contributed by atoms with Crippen LogP contribution in [0.15, 0.2) is 12.3 Å². The molecule has 0 aliphatic heterocycles. The molecular formula is C14H18ClN3O3. The molecule has 114 valence electrons. The van der Waals surface area contributed by atoms with E-state index >= 15 is 0 Å². The first-order valence-electron chi connectivity index (χ1n) is 7.18. The number of hydrogen-bond acceptors (Lipinski definition) is 4. The molecule has 1 aromatic rings. The van der Waals surface area contributed by atoms with E-state index in [1.165, 1.54) is 25.3 Å². The molecule has 1 saturated carbocycles. The fraction of sp³-hybridized carbons (Fsp3) is 0.571. The molecule has 1 aliphatic carbocycles. The van der Waals surface area contributed by atoms with Gasteiger partial charge in [-0.2, -0.15) is 0 Å². The molecule has 1 amide bonds. The van der Waals surface area contributed by atoms with Gasteiger partial charge in [-0.05, 0) is 12.8 Å². The van der Waals surface area contributed by atoms with Gasteiger partial charge in [0.15, 0.2) is 0 Å². The average Bonchev–Trinajstić information content (AvgIpc) is 2.41. The fourth-order valence-electron chi connectivity index (χ4n) is 2.56. The molecular weight excluding hydrogens is 294 g/mol. The first-order valence-corrected chi connectivity index (χ1v) is 7.56. The molecule has 0 bridgehead atoms. The van der Waals surface area contributed by atoms with Crippen LogP contribution in [0.1, 0.15) is 55.3 Å². The van der Waals surface area contributed by atoms with Crippen LogP contribution in [0, 0.1) is 10.1 Å². The largest absolute Gasteiger partial charge is 0.349 e. The van der Waals surface area contributed by atoms with E-state index in [-0.39, 0.29) is 28.4 Å². The molecule has 6 nitrogen and oxygen atoms in total. The van der Waals surface area contributed by atoms with Gasteiger partial charge < -0.3 is 5.32 Å². The smallest absolute Gasteiger partial charge is 0.288 e. The molecule has 0 radical (unpaired) electrons. The van der Waals surface area contributed by atoms with E-state index in [4.69, 9.17) is 11.6 Å². The first-order chi connectivity index (χ1) is 10.1. The lowest BCUT2D eigenvalue weighted by molar-refractivity contribution is -0.385. The number of halogens is 1. The number of nitro groups is 1. The van der Waals surface area contributed by atoms with E-state index in [1.54, 1.807) is 0 Å². The molecule has 0 saturated heterocycles. The van der Waals surface area contributed by atoms with Crippen molar-refractivity contribution in [2.24, 2.45) is 0 Å². The fourth-order valence-corrected chi connectivity index (χ4v) is 2.75. The number of rotatable bonds is 3. The SMILES string of the molecule is O=C(NC1CCCCCCC1)c1cc([N+](=O)[O-])cnc1Cl. The van der Waals surface area contributed by atoms with Gasteiger partial charge in [0, 0.05) is 12.1 Å². The quantitative estimate of drug-likeness (QED) is 0.526. The minimum absolute atomic E-state index is 0.0102. The van der Waals surface area contributed by atoms with E-state index in [0.29, 0.717) is 0 Å². The summed E-state index contributed by atoms with van der Waals surface area (Å²) >= 11 is 5.88. The number of pyridine rings is 1. The van der Waals surface area contributed by atoms with Crippen molar-refractivity contribution < 1.29 is 9.72 Å². The third kappa shape index (κ3) is 4.39. The predicted octanol–water partition coefficient (Wildman–Crippen LogP) is 3.49. The van der Waals surface area contributed by atoms with E-state index in [0.717, 1.165) is 31.9 Å². The summed E-state index contributed by atoms with van der Waals surface area (Å²) in [7, 11) is 0. The van der Waals surface area contributed by atoms with Crippen LogP contribution in [0.3, 0.4) is 0 Å². The number of carbonyl (C=O) groups excluding carboxylic acids is 1. The van der Waals surface area contributed by atoms with Crippen LogP contribution in [0.25, 0.3) is 0 Å². The Hall–Kier alpha value is -1.69. The number of nitrogens with zero attached hydrogens (tertiary/aromatic N) is 2. The average molecular weight is 312 g/mol. The Morgan fingerprint density at radius 1 is 1.29 bits per heavy atom. The maximum atomic E-state index is 12.2. The van der Waals surface area contributed by atoms with Crippen LogP contribution in [0.4, 0.5) is 5.69 Å². The standard InChI is InChI=1S/C14H18ClN3O3/c15-13-12(8-11(9-16-13)18(20)21)14(19)17-10-6-4-2-1-3-5-7-10/h8-10H,1-7H2,(H,17,19). The van der Waals surface area contributed by atoms with Gasteiger partial charge in [-0.1, -0.05) is 43.7 Å². The summed E-state index contributed by atoms with van der Waals surface area (Å²) in [6.07, 6.45) is 8.72. The molecule has 21 heavy (non-hydrogen) atoms. The zero-order valence-electron chi connectivity index (χ0n) is 11.7. The number of aromatic nitrogens is 1. The van der Waals surface area contributed by atoms with Crippen molar-refractivity contribution in [2.75, 3.05) is 0 Å². The monoisotopic (exact) mass is 311 g/mol. The van der Waals surface area contributed by atoms with E-state index in [9.17, 15) is 14.9 Å². The Balaban J connectivity index is 2.08. The third-order valence-electron chi connectivity index (χ3n) is 3.72. The van der Waals surface area contributed by atoms with Crippen molar-refractivity contribution >= 4 is 23.2 Å². The second-order valence-corrected chi connectivity index (χ2v) is 5.66. The molecule has 7 heteroatoms. The second-order valence-electron chi connectivity index (χ2n) is 5.30. The normalized spacial score (nSPS) is 16.8. The molecule has 1 aromatic heterocycles. The van der Waals surface area contributed by atoms with Crippen molar-refractivity contribution in [3.8, 4) is 0 Å². The highest BCUT2D eigenvalue weighted by atomic mass is 35.5. The molecule has 1 fully saturated rings. The van der Waals surface area contributed by atoms with Gasteiger partial charge in [-0.3, -0.25) is 14.9 Å². The van der Waals surface area contributed by atoms with Crippen LogP contribution in [0.2, 0.25) is 5.15 Å². The van der Waals surface area contributed by atoms with Gasteiger partial charge >= 0.3 is 0 Å². The maximum Gasteiger partial charge on any atom is 0.288 e. The highest BCUT2D eigenvalue weighted by Gasteiger charge is 2.20. The maximum absolute atomic E-state index is 12.2. The zero-order valence-corrected chi connectivity index (χ0v) is 12.4. The summed E-state index contributed by atoms with van der Waals surface area (Å²) in [5, 5.41) is 13.7. The van der Waals surface area contributed by atoms with Crippen molar-refractivity contribution in [3.05, 3.63) is 33.1 Å². The molecule has 0 aromatic carbocycles. The van der Waals surface area contributed by atoms with E-state index in [2.05, 4.69) is 10.3 Å². The third-order valence-corrected chi connectivity index (χ3v) is 4.02. The number of amides is 1. The Morgan fingerprint density at radius 2 is 1.90 bits per heavy atom. The minimum Gasteiger partial charge on any atom is -0.349 e. The highest BCUT2D eigenvalue weighted by Crippen LogP contribution is 2.21. The summed E-state index contributed by atoms with van der Waals surface area (Å²) in [5.74, 6) is -0.387. The van der Waals surface area contributed by atoms with Crippen molar-refractivity contribution in [1.29, 1.82) is 0 Å². The minimum atomic E-state index is -0.587. The van der Waals surface area contributed by atoms with Gasteiger partial charge in [-0.15, -0.1) is 0 Å². The predicted molar refractivity (Wildman–Crippen MR) is 79.5 cm³/mol. The molecule has 1 N–H and O–H groups in total. The van der Waals surface area contributed by atoms with E-state index in [1.807, 2.05) is 0 Å². The lowest BCUT2D eigenvalue weighted by Crippen LogP contribution is -2.35. The highest BCUT2D eigenvalue weighted by molar-refractivity contribution is 6.32. The van der Waals surface area contributed by atoms with Gasteiger partial charge in [-0.25, -0.2) is 4.98 Å². The molecule has 0 unspecified atom stereocenters. The van der Waals surface area contributed by atoms with Gasteiger partial charge in [0.2, 0.25) is 0 Å². The molecule has 0 spiro atoms. The summed E-state index contributed by atoms with van der Waals surface area (Å²) in [6, 6.07) is 1.28. The van der Waals surface area contributed by atoms with Crippen LogP contribution in [0.5, 0.6) is 0 Å². The Kier molecular flexibility index (Phi) is 5.50. The van der Waals surface area contributed by atoms with Crippen LogP contribution in [-0.4, -0.2) is 21.9 Å². The summed E-state index contributed by atoms with van der Waals surface area (Å²) < 4.78 is 0. The van der Waals surface area contributed by atoms with Crippen LogP contribution in [-0.2, 0) is 0 Å². The van der Waals surface area contributed by atoms with Crippen molar-refractivity contribution in [3.63, 3.8) is 0 Å². The Bertz CT molecular complexity index is 528. The summed E-state index contributed by atoms with van der Waals surface area (Å²) in [4.78, 5) is 26.1. The number of hydrogen-bond donors (Lipinski definition) is 1. The molecule has 2 rings (SSSR count). The zero-order chi connectivity index (χ0) is 15.2. The van der Waals surface area contributed by atoms with Crippen molar-refractivity contribution in [2.45, 2.75) is 51.0 Å². The lowest BCUT2D eigenvalue weighted by Gasteiger charge is -2.21. The van der Waals surface area contributed by atoms with Crippen LogP contribution < -0.4 is 5.32 Å². The number of nitrogens with one attached hydrogen (secondary N) is 1. The second kappa shape index (κ2) is 7.36. The number of carbonyl (C=O) groups is 1. The molecule has 0 atom stereocenters. The topological polar surface area (TPSA) is 85.1 Å². The van der Waals surface area contributed by atoms with Gasteiger partial charge in [0.1, 0.15) is 11.3 Å². The van der Waals surface area contributed by atoms with Gasteiger partial charge in [0.25, 0.3) is 11.6 Å². The molecule has 1 aliphatic rings. The van der Waals surface area contributed by atoms with Crippen molar-refractivity contribution in [1.82, 2.24) is 10.3 Å². The van der Waals surface area contributed by atoms with Gasteiger partial charge in [0.05, 0.1) is 10.5 Å².